The van der Waals surface area contributed by atoms with Gasteiger partial charge in [-0.05, 0) is 54.6 Å². The van der Waals surface area contributed by atoms with Gasteiger partial charge < -0.3 is 10.2 Å². The predicted molar refractivity (Wildman–Crippen MR) is 119 cm³/mol. The lowest BCUT2D eigenvalue weighted by Crippen LogP contribution is -2.12. The van der Waals surface area contributed by atoms with Crippen molar-refractivity contribution >= 4 is 46.3 Å². The minimum Gasteiger partial charge on any atom is -0.507 e. The highest BCUT2D eigenvalue weighted by molar-refractivity contribution is 6.31. The molecule has 0 aliphatic rings. The van der Waals surface area contributed by atoms with Crippen LogP contribution in [0.4, 0.5) is 0 Å². The number of hydrogen-bond acceptors (Lipinski definition) is 6. The summed E-state index contributed by atoms with van der Waals surface area (Å²) in [6.45, 7) is 0. The van der Waals surface area contributed by atoms with Crippen molar-refractivity contribution in [1.82, 2.24) is 0 Å². The molecule has 0 aliphatic carbocycles. The van der Waals surface area contributed by atoms with E-state index in [9.17, 15) is 29.4 Å². The van der Waals surface area contributed by atoms with Crippen molar-refractivity contribution in [2.24, 2.45) is 0 Å². The average Bonchev–Trinajstić information content (AvgIpc) is 2.74. The molecule has 3 rings (SSSR count). The van der Waals surface area contributed by atoms with E-state index in [4.69, 9.17) is 23.2 Å². The van der Waals surface area contributed by atoms with Crippen molar-refractivity contribution in [3.63, 3.8) is 0 Å². The number of phenols is 2. The first-order valence-electron chi connectivity index (χ1n) is 9.35. The molecule has 8 heteroatoms. The standard InChI is InChI=1S/C24H16Cl2O6/c25-15-5-1-13(2-6-15)19(27)10-21(29)17-9-18(24(32)12-23(17)31)22(30)11-20(28)14-3-7-16(26)8-4-14/h1-9,12,31-32H,10-11H2. The normalized spacial score (nSPS) is 10.6. The first kappa shape index (κ1) is 23.2. The van der Waals surface area contributed by atoms with Crippen molar-refractivity contribution in [2.75, 3.05) is 0 Å². The van der Waals surface area contributed by atoms with E-state index in [-0.39, 0.29) is 22.3 Å². The fourth-order valence-electron chi connectivity index (χ4n) is 2.98. The third-order valence-corrected chi connectivity index (χ3v) is 5.19. The molecular weight excluding hydrogens is 455 g/mol. The maximum Gasteiger partial charge on any atom is 0.174 e. The highest BCUT2D eigenvalue weighted by Crippen LogP contribution is 2.30. The highest BCUT2D eigenvalue weighted by atomic mass is 35.5. The first-order chi connectivity index (χ1) is 15.2. The van der Waals surface area contributed by atoms with E-state index in [1.807, 2.05) is 0 Å². The van der Waals surface area contributed by atoms with Crippen LogP contribution in [0.25, 0.3) is 0 Å². The van der Waals surface area contributed by atoms with E-state index in [1.54, 1.807) is 0 Å². The van der Waals surface area contributed by atoms with Gasteiger partial charge in [-0.15, -0.1) is 0 Å². The topological polar surface area (TPSA) is 109 Å². The molecule has 0 atom stereocenters. The monoisotopic (exact) mass is 470 g/mol. The molecule has 0 aromatic heterocycles. The van der Waals surface area contributed by atoms with E-state index >= 15 is 0 Å². The summed E-state index contributed by atoms with van der Waals surface area (Å²) in [4.78, 5) is 49.9. The van der Waals surface area contributed by atoms with Crippen molar-refractivity contribution in [1.29, 1.82) is 0 Å². The number of benzene rings is 3. The van der Waals surface area contributed by atoms with Crippen LogP contribution in [-0.2, 0) is 0 Å². The third kappa shape index (κ3) is 5.41. The summed E-state index contributed by atoms with van der Waals surface area (Å²) >= 11 is 11.6. The molecule has 3 aromatic carbocycles. The predicted octanol–water partition coefficient (Wildman–Crippen LogP) is 5.32. The molecule has 0 unspecified atom stereocenters. The second-order valence-corrected chi connectivity index (χ2v) is 7.82. The zero-order valence-electron chi connectivity index (χ0n) is 16.5. The lowest BCUT2D eigenvalue weighted by Gasteiger charge is -2.09. The number of phenolic OH excluding ortho intramolecular Hbond substituents is 2. The number of carbonyl (C=O) groups excluding carboxylic acids is 4. The smallest absolute Gasteiger partial charge is 0.174 e. The van der Waals surface area contributed by atoms with Gasteiger partial charge in [-0.3, -0.25) is 19.2 Å². The number of rotatable bonds is 8. The van der Waals surface area contributed by atoms with Crippen molar-refractivity contribution in [2.45, 2.75) is 12.8 Å². The molecule has 0 aliphatic heterocycles. The second-order valence-electron chi connectivity index (χ2n) is 6.95. The molecule has 0 amide bonds. The fraction of sp³-hybridized carbons (Fsp3) is 0.0833. The molecule has 0 radical (unpaired) electrons. The molecule has 0 spiro atoms. The lowest BCUT2D eigenvalue weighted by atomic mass is 9.95. The summed E-state index contributed by atoms with van der Waals surface area (Å²) in [7, 11) is 0. The Hall–Kier alpha value is -3.48. The Morgan fingerprint density at radius 1 is 0.562 bits per heavy atom. The Kier molecular flexibility index (Phi) is 7.08. The SMILES string of the molecule is O=C(CC(=O)c1cc(C(=O)CC(=O)c2ccc(Cl)cc2)c(O)cc1O)c1ccc(Cl)cc1. The number of halogens is 2. The Morgan fingerprint density at radius 3 is 1.25 bits per heavy atom. The Balaban J connectivity index is 1.80. The molecule has 0 bridgehead atoms. The molecular formula is C24H16Cl2O6. The molecule has 3 aromatic rings. The van der Waals surface area contributed by atoms with E-state index in [0.29, 0.717) is 10.0 Å². The maximum absolute atomic E-state index is 12.6. The zero-order chi connectivity index (χ0) is 23.4. The molecule has 2 N–H and O–H groups in total. The van der Waals surface area contributed by atoms with E-state index in [1.165, 1.54) is 48.5 Å². The summed E-state index contributed by atoms with van der Waals surface area (Å²) in [5.74, 6) is -3.69. The summed E-state index contributed by atoms with van der Waals surface area (Å²) in [5.41, 5.74) is -0.114. The summed E-state index contributed by atoms with van der Waals surface area (Å²) in [6, 6.07) is 13.7. The van der Waals surface area contributed by atoms with Crippen LogP contribution in [0, 0.1) is 0 Å². The van der Waals surface area contributed by atoms with E-state index in [2.05, 4.69) is 0 Å². The Bertz CT molecular complexity index is 1120. The molecule has 0 heterocycles. The van der Waals surface area contributed by atoms with Gasteiger partial charge >= 0.3 is 0 Å². The van der Waals surface area contributed by atoms with Gasteiger partial charge in [0.2, 0.25) is 0 Å². The number of hydrogen-bond donors (Lipinski definition) is 2. The van der Waals surface area contributed by atoms with Gasteiger partial charge in [0.25, 0.3) is 0 Å². The zero-order valence-corrected chi connectivity index (χ0v) is 18.0. The van der Waals surface area contributed by atoms with Gasteiger partial charge in [-0.1, -0.05) is 23.2 Å². The molecule has 0 fully saturated rings. The van der Waals surface area contributed by atoms with Crippen molar-refractivity contribution in [3.05, 3.63) is 93.0 Å². The van der Waals surface area contributed by atoms with Gasteiger partial charge in [-0.25, -0.2) is 0 Å². The van der Waals surface area contributed by atoms with Crippen LogP contribution in [-0.4, -0.2) is 33.3 Å². The van der Waals surface area contributed by atoms with Crippen molar-refractivity contribution in [3.8, 4) is 11.5 Å². The lowest BCUT2D eigenvalue weighted by molar-refractivity contribution is 0.0881. The molecule has 6 nitrogen and oxygen atoms in total. The Morgan fingerprint density at radius 2 is 0.906 bits per heavy atom. The van der Waals surface area contributed by atoms with Crippen LogP contribution in [0.3, 0.4) is 0 Å². The number of ketones is 4. The van der Waals surface area contributed by atoms with Crippen LogP contribution in [0.2, 0.25) is 10.0 Å². The fourth-order valence-corrected chi connectivity index (χ4v) is 3.23. The summed E-state index contributed by atoms with van der Waals surface area (Å²) in [6.07, 6.45) is -1.14. The van der Waals surface area contributed by atoms with Gasteiger partial charge in [0.05, 0.1) is 24.0 Å². The van der Waals surface area contributed by atoms with E-state index < -0.39 is 47.5 Å². The van der Waals surface area contributed by atoms with Gasteiger partial charge in [0, 0.05) is 27.2 Å². The van der Waals surface area contributed by atoms with Crippen LogP contribution >= 0.6 is 23.2 Å². The van der Waals surface area contributed by atoms with Crippen LogP contribution in [0.15, 0.2) is 60.7 Å². The number of carbonyl (C=O) groups is 4. The maximum atomic E-state index is 12.6. The molecule has 0 saturated carbocycles. The van der Waals surface area contributed by atoms with Crippen molar-refractivity contribution < 1.29 is 29.4 Å². The third-order valence-electron chi connectivity index (χ3n) is 4.69. The quantitative estimate of drug-likeness (QED) is 0.340. The number of aromatic hydroxyl groups is 2. The number of Topliss-reactive ketones (excluding diaryl/α,β-unsaturated/α-hetero) is 4. The van der Waals surface area contributed by atoms with Crippen LogP contribution in [0.5, 0.6) is 11.5 Å². The average molecular weight is 471 g/mol. The summed E-state index contributed by atoms with van der Waals surface area (Å²) in [5, 5.41) is 21.0. The van der Waals surface area contributed by atoms with Crippen LogP contribution in [0.1, 0.15) is 54.3 Å². The molecule has 32 heavy (non-hydrogen) atoms. The van der Waals surface area contributed by atoms with E-state index in [0.717, 1.165) is 12.1 Å². The summed E-state index contributed by atoms with van der Waals surface area (Å²) < 4.78 is 0. The minimum absolute atomic E-state index is 0.255. The Labute approximate surface area is 193 Å². The van der Waals surface area contributed by atoms with Gasteiger partial charge in [0.1, 0.15) is 11.5 Å². The highest BCUT2D eigenvalue weighted by Gasteiger charge is 2.23. The van der Waals surface area contributed by atoms with Gasteiger partial charge in [-0.2, -0.15) is 0 Å². The van der Waals surface area contributed by atoms with Gasteiger partial charge in [0.15, 0.2) is 23.1 Å². The second kappa shape index (κ2) is 9.77. The first-order valence-corrected chi connectivity index (χ1v) is 10.1. The minimum atomic E-state index is -0.750. The molecule has 162 valence electrons. The molecule has 0 saturated heterocycles. The van der Waals surface area contributed by atoms with Crippen LogP contribution < -0.4 is 0 Å². The largest absolute Gasteiger partial charge is 0.507 e.